The van der Waals surface area contributed by atoms with Crippen molar-refractivity contribution in [1.82, 2.24) is 4.98 Å². The Labute approximate surface area is 83.5 Å². The highest BCUT2D eigenvalue weighted by atomic mass is 35.5. The fraction of sp³-hybridized carbons (Fsp3) is 0.444. The Balaban J connectivity index is 2.76. The van der Waals surface area contributed by atoms with Gasteiger partial charge >= 0.3 is 0 Å². The van der Waals surface area contributed by atoms with Crippen LogP contribution in [-0.4, -0.2) is 24.6 Å². The van der Waals surface area contributed by atoms with E-state index in [1.165, 1.54) is 0 Å². The number of halogens is 1. The molecular weight excluding hydrogens is 186 g/mol. The average Bonchev–Trinajstić information content (AvgIpc) is 2.03. The summed E-state index contributed by atoms with van der Waals surface area (Å²) in [7, 11) is 1.96. The Hall–Kier alpha value is -0.800. The Morgan fingerprint density at radius 1 is 1.69 bits per heavy atom. The molecule has 1 atom stereocenters. The van der Waals surface area contributed by atoms with Crippen LogP contribution in [0.4, 0.5) is 5.69 Å². The summed E-state index contributed by atoms with van der Waals surface area (Å²) in [5.41, 5.74) is 6.65. The maximum atomic E-state index is 5.96. The third kappa shape index (κ3) is 2.86. The molecule has 1 aromatic rings. The first-order valence-corrected chi connectivity index (χ1v) is 4.55. The highest BCUT2D eigenvalue weighted by Gasteiger charge is 2.06. The average molecular weight is 200 g/mol. The number of hydrogen-bond donors (Lipinski definition) is 1. The quantitative estimate of drug-likeness (QED) is 0.803. The number of nitrogens with two attached hydrogens (primary N) is 1. The molecule has 0 aliphatic heterocycles. The Bertz CT molecular complexity index is 275. The Kier molecular flexibility index (Phi) is 3.51. The molecule has 0 aromatic carbocycles. The molecule has 1 heterocycles. The van der Waals surface area contributed by atoms with Gasteiger partial charge in [0.15, 0.2) is 0 Å². The predicted octanol–water partition coefficient (Wildman–Crippen LogP) is 1.52. The Morgan fingerprint density at radius 3 is 2.92 bits per heavy atom. The zero-order valence-corrected chi connectivity index (χ0v) is 8.62. The molecule has 4 heteroatoms. The maximum absolute atomic E-state index is 5.96. The molecule has 0 saturated heterocycles. The minimum Gasteiger partial charge on any atom is -0.372 e. The molecule has 13 heavy (non-hydrogen) atoms. The van der Waals surface area contributed by atoms with Crippen LogP contribution >= 0.6 is 11.6 Å². The van der Waals surface area contributed by atoms with Gasteiger partial charge < -0.3 is 10.6 Å². The fourth-order valence-electron chi connectivity index (χ4n) is 1.21. The van der Waals surface area contributed by atoms with Crippen LogP contribution in [0.15, 0.2) is 18.5 Å². The molecule has 0 fully saturated rings. The summed E-state index contributed by atoms with van der Waals surface area (Å²) in [5, 5.41) is 0.658. The topological polar surface area (TPSA) is 42.1 Å². The number of rotatable bonds is 3. The summed E-state index contributed by atoms with van der Waals surface area (Å²) < 4.78 is 0. The summed E-state index contributed by atoms with van der Waals surface area (Å²) in [6.07, 6.45) is 3.35. The number of hydrogen-bond acceptors (Lipinski definition) is 3. The third-order valence-corrected chi connectivity index (χ3v) is 2.02. The van der Waals surface area contributed by atoms with Crippen LogP contribution in [0.2, 0.25) is 5.02 Å². The Morgan fingerprint density at radius 2 is 2.38 bits per heavy atom. The highest BCUT2D eigenvalue weighted by molar-refractivity contribution is 6.33. The lowest BCUT2D eigenvalue weighted by molar-refractivity contribution is 0.717. The van der Waals surface area contributed by atoms with Gasteiger partial charge in [-0.15, -0.1) is 0 Å². The van der Waals surface area contributed by atoms with E-state index in [9.17, 15) is 0 Å². The molecule has 0 bridgehead atoms. The molecule has 1 aromatic heterocycles. The van der Waals surface area contributed by atoms with E-state index in [0.717, 1.165) is 12.2 Å². The van der Waals surface area contributed by atoms with Gasteiger partial charge in [-0.2, -0.15) is 0 Å². The van der Waals surface area contributed by atoms with E-state index >= 15 is 0 Å². The first kappa shape index (κ1) is 10.3. The molecule has 0 amide bonds. The second-order valence-corrected chi connectivity index (χ2v) is 3.59. The van der Waals surface area contributed by atoms with Gasteiger partial charge in [0.25, 0.3) is 0 Å². The molecule has 2 N–H and O–H groups in total. The van der Waals surface area contributed by atoms with Crippen molar-refractivity contribution in [2.24, 2.45) is 5.73 Å². The highest BCUT2D eigenvalue weighted by Crippen LogP contribution is 2.22. The van der Waals surface area contributed by atoms with E-state index in [-0.39, 0.29) is 6.04 Å². The van der Waals surface area contributed by atoms with Crippen molar-refractivity contribution in [1.29, 1.82) is 0 Å². The van der Waals surface area contributed by atoms with Crippen LogP contribution in [0.3, 0.4) is 0 Å². The molecular formula is C9H14ClN3. The van der Waals surface area contributed by atoms with Crippen molar-refractivity contribution in [3.8, 4) is 0 Å². The van der Waals surface area contributed by atoms with Gasteiger partial charge in [0.1, 0.15) is 0 Å². The van der Waals surface area contributed by atoms with Crippen LogP contribution in [0.1, 0.15) is 6.92 Å². The summed E-state index contributed by atoms with van der Waals surface area (Å²) in [5.74, 6) is 0. The number of nitrogens with zero attached hydrogens (tertiary/aromatic N) is 2. The fourth-order valence-corrected chi connectivity index (χ4v) is 1.47. The molecule has 1 rings (SSSR count). The van der Waals surface area contributed by atoms with Crippen LogP contribution in [-0.2, 0) is 0 Å². The minimum atomic E-state index is 0.134. The molecule has 0 radical (unpaired) electrons. The third-order valence-electron chi connectivity index (χ3n) is 1.72. The molecule has 0 saturated carbocycles. The van der Waals surface area contributed by atoms with Crippen molar-refractivity contribution >= 4 is 17.3 Å². The van der Waals surface area contributed by atoms with Crippen LogP contribution in [0, 0.1) is 0 Å². The second-order valence-electron chi connectivity index (χ2n) is 3.18. The summed E-state index contributed by atoms with van der Waals surface area (Å²) in [6.45, 7) is 2.75. The number of likely N-dealkylation sites (N-methyl/N-ethyl adjacent to an activating group) is 1. The first-order valence-electron chi connectivity index (χ1n) is 4.17. The smallest absolute Gasteiger partial charge is 0.0822 e. The minimum absolute atomic E-state index is 0.134. The van der Waals surface area contributed by atoms with Crippen LogP contribution in [0.5, 0.6) is 0 Å². The zero-order chi connectivity index (χ0) is 9.84. The van der Waals surface area contributed by atoms with Crippen LogP contribution < -0.4 is 10.6 Å². The van der Waals surface area contributed by atoms with Crippen LogP contribution in [0.25, 0.3) is 0 Å². The van der Waals surface area contributed by atoms with E-state index in [2.05, 4.69) is 4.98 Å². The second kappa shape index (κ2) is 4.44. The normalized spacial score (nSPS) is 12.6. The molecule has 72 valence electrons. The standard InChI is InChI=1S/C9H14ClN3/c1-7(11)6-13(2)9-3-4-12-5-8(9)10/h3-5,7H,6,11H2,1-2H3. The summed E-state index contributed by atoms with van der Waals surface area (Å²) in [6, 6.07) is 2.01. The van der Waals surface area contributed by atoms with Crippen molar-refractivity contribution < 1.29 is 0 Å². The summed E-state index contributed by atoms with van der Waals surface area (Å²) >= 11 is 5.96. The van der Waals surface area contributed by atoms with Gasteiger partial charge in [0.2, 0.25) is 0 Å². The van der Waals surface area contributed by atoms with Gasteiger partial charge in [0, 0.05) is 32.0 Å². The van der Waals surface area contributed by atoms with Gasteiger partial charge in [-0.05, 0) is 13.0 Å². The molecule has 3 nitrogen and oxygen atoms in total. The number of anilines is 1. The van der Waals surface area contributed by atoms with E-state index in [1.54, 1.807) is 12.4 Å². The van der Waals surface area contributed by atoms with Gasteiger partial charge in [-0.3, -0.25) is 4.98 Å². The van der Waals surface area contributed by atoms with E-state index < -0.39 is 0 Å². The lowest BCUT2D eigenvalue weighted by Gasteiger charge is -2.21. The van der Waals surface area contributed by atoms with Gasteiger partial charge in [-0.1, -0.05) is 11.6 Å². The molecule has 0 aliphatic carbocycles. The number of pyridine rings is 1. The lowest BCUT2D eigenvalue weighted by Crippen LogP contribution is -2.32. The molecule has 1 unspecified atom stereocenters. The number of aromatic nitrogens is 1. The van der Waals surface area contributed by atoms with Crippen molar-refractivity contribution in [3.05, 3.63) is 23.5 Å². The molecule has 0 aliphatic rings. The molecule has 0 spiro atoms. The van der Waals surface area contributed by atoms with E-state index in [1.807, 2.05) is 24.9 Å². The van der Waals surface area contributed by atoms with Crippen molar-refractivity contribution in [3.63, 3.8) is 0 Å². The summed E-state index contributed by atoms with van der Waals surface area (Å²) in [4.78, 5) is 5.94. The van der Waals surface area contributed by atoms with E-state index in [0.29, 0.717) is 5.02 Å². The lowest BCUT2D eigenvalue weighted by atomic mass is 10.3. The largest absolute Gasteiger partial charge is 0.372 e. The monoisotopic (exact) mass is 199 g/mol. The van der Waals surface area contributed by atoms with Gasteiger partial charge in [-0.25, -0.2) is 0 Å². The maximum Gasteiger partial charge on any atom is 0.0822 e. The van der Waals surface area contributed by atoms with E-state index in [4.69, 9.17) is 17.3 Å². The first-order chi connectivity index (χ1) is 6.11. The zero-order valence-electron chi connectivity index (χ0n) is 7.87. The predicted molar refractivity (Wildman–Crippen MR) is 56.2 cm³/mol. The van der Waals surface area contributed by atoms with Gasteiger partial charge in [0.05, 0.1) is 10.7 Å². The van der Waals surface area contributed by atoms with Crippen molar-refractivity contribution in [2.45, 2.75) is 13.0 Å². The van der Waals surface area contributed by atoms with Crippen molar-refractivity contribution in [2.75, 3.05) is 18.5 Å². The SMILES string of the molecule is CC(N)CN(C)c1ccncc1Cl.